The van der Waals surface area contributed by atoms with E-state index in [1.165, 1.54) is 5.56 Å². The molecule has 0 radical (unpaired) electrons. The minimum absolute atomic E-state index is 0.211. The van der Waals surface area contributed by atoms with E-state index < -0.39 is 11.8 Å². The first-order chi connectivity index (χ1) is 13.9. The number of nitrogens with one attached hydrogen (secondary N) is 2. The van der Waals surface area contributed by atoms with Gasteiger partial charge in [-0.2, -0.15) is 0 Å². The maximum Gasteiger partial charge on any atom is 0.276 e. The Morgan fingerprint density at radius 1 is 1.00 bits per heavy atom. The number of rotatable bonds is 9. The summed E-state index contributed by atoms with van der Waals surface area (Å²) in [6.07, 6.45) is 0. The molecule has 2 aromatic carbocycles. The molecule has 8 heteroatoms. The van der Waals surface area contributed by atoms with Crippen molar-refractivity contribution in [3.8, 4) is 11.5 Å². The summed E-state index contributed by atoms with van der Waals surface area (Å²) in [5.74, 6) is 0.686. The van der Waals surface area contributed by atoms with Crippen molar-refractivity contribution in [2.75, 3.05) is 26.9 Å². The molecule has 7 nitrogen and oxygen atoms in total. The molecule has 0 aliphatic carbocycles. The molecule has 2 rings (SSSR count). The second kappa shape index (κ2) is 11.4. The zero-order chi connectivity index (χ0) is 21.2. The molecule has 0 aliphatic rings. The smallest absolute Gasteiger partial charge is 0.276 e. The van der Waals surface area contributed by atoms with Crippen molar-refractivity contribution in [3.05, 3.63) is 58.1 Å². The molecule has 0 spiro atoms. The summed E-state index contributed by atoms with van der Waals surface area (Å²) in [6.45, 7) is 4.86. The van der Waals surface area contributed by atoms with Gasteiger partial charge in [-0.1, -0.05) is 26.0 Å². The third kappa shape index (κ3) is 7.40. The third-order valence-corrected chi connectivity index (χ3v) is 4.59. The van der Waals surface area contributed by atoms with E-state index in [0.29, 0.717) is 40.7 Å². The standard InChI is InChI=1S/C21H25BrN2O5/c1-14(2)15-4-7-17(8-5-15)29-13-20(25)23-24-21(26)16-6-9-19(18(22)12-16)28-11-10-27-3/h4-9,12,14H,10-11,13H2,1-3H3,(H,23,25)(H,24,26). The van der Waals surface area contributed by atoms with Crippen molar-refractivity contribution >= 4 is 27.7 Å². The van der Waals surface area contributed by atoms with Crippen LogP contribution in [0.4, 0.5) is 0 Å². The number of hydrazine groups is 1. The number of amides is 2. The van der Waals surface area contributed by atoms with E-state index in [4.69, 9.17) is 14.2 Å². The lowest BCUT2D eigenvalue weighted by Crippen LogP contribution is -2.43. The molecule has 0 heterocycles. The number of halogens is 1. The van der Waals surface area contributed by atoms with Crippen LogP contribution >= 0.6 is 15.9 Å². The molecule has 0 saturated carbocycles. The highest BCUT2D eigenvalue weighted by Crippen LogP contribution is 2.26. The Morgan fingerprint density at radius 2 is 1.72 bits per heavy atom. The molecule has 0 saturated heterocycles. The van der Waals surface area contributed by atoms with Crippen molar-refractivity contribution in [1.29, 1.82) is 0 Å². The Kier molecular flexibility index (Phi) is 8.95. The number of methoxy groups -OCH3 is 1. The van der Waals surface area contributed by atoms with Gasteiger partial charge in [0.05, 0.1) is 11.1 Å². The summed E-state index contributed by atoms with van der Waals surface area (Å²) in [7, 11) is 1.59. The van der Waals surface area contributed by atoms with E-state index >= 15 is 0 Å². The van der Waals surface area contributed by atoms with Crippen LogP contribution in [0.1, 0.15) is 35.7 Å². The normalized spacial score (nSPS) is 10.5. The minimum Gasteiger partial charge on any atom is -0.490 e. The summed E-state index contributed by atoms with van der Waals surface area (Å²) < 4.78 is 16.5. The maximum atomic E-state index is 12.2. The average molecular weight is 465 g/mol. The van der Waals surface area contributed by atoms with Gasteiger partial charge in [-0.3, -0.25) is 20.4 Å². The van der Waals surface area contributed by atoms with Crippen molar-refractivity contribution in [1.82, 2.24) is 10.9 Å². The molecule has 0 atom stereocenters. The van der Waals surface area contributed by atoms with Crippen LogP contribution in [0, 0.1) is 0 Å². The van der Waals surface area contributed by atoms with Gasteiger partial charge in [0, 0.05) is 12.7 Å². The number of carbonyl (C=O) groups is 2. The molecular weight excluding hydrogens is 440 g/mol. The van der Waals surface area contributed by atoms with Crippen LogP contribution in [0.15, 0.2) is 46.9 Å². The van der Waals surface area contributed by atoms with Crippen LogP contribution in [0.2, 0.25) is 0 Å². The van der Waals surface area contributed by atoms with Gasteiger partial charge in [0.2, 0.25) is 0 Å². The van der Waals surface area contributed by atoms with E-state index in [-0.39, 0.29) is 6.61 Å². The predicted octanol–water partition coefficient (Wildman–Crippen LogP) is 3.44. The molecule has 0 aliphatic heterocycles. The summed E-state index contributed by atoms with van der Waals surface area (Å²) in [5.41, 5.74) is 6.24. The van der Waals surface area contributed by atoms with Crippen molar-refractivity contribution < 1.29 is 23.8 Å². The van der Waals surface area contributed by atoms with E-state index in [9.17, 15) is 9.59 Å². The Hall–Kier alpha value is -2.58. The van der Waals surface area contributed by atoms with Crippen LogP contribution in [-0.2, 0) is 9.53 Å². The second-order valence-corrected chi connectivity index (χ2v) is 7.36. The highest BCUT2D eigenvalue weighted by molar-refractivity contribution is 9.10. The lowest BCUT2D eigenvalue weighted by atomic mass is 10.0. The first-order valence-electron chi connectivity index (χ1n) is 9.14. The molecule has 2 amide bonds. The van der Waals surface area contributed by atoms with Gasteiger partial charge >= 0.3 is 0 Å². The van der Waals surface area contributed by atoms with Crippen LogP contribution in [-0.4, -0.2) is 38.7 Å². The number of carbonyl (C=O) groups excluding carboxylic acids is 2. The Balaban J connectivity index is 1.79. The van der Waals surface area contributed by atoms with E-state index in [0.717, 1.165) is 0 Å². The molecule has 0 fully saturated rings. The topological polar surface area (TPSA) is 85.9 Å². The molecule has 29 heavy (non-hydrogen) atoms. The van der Waals surface area contributed by atoms with Crippen LogP contribution in [0.3, 0.4) is 0 Å². The molecule has 2 aromatic rings. The lowest BCUT2D eigenvalue weighted by Gasteiger charge is -2.11. The largest absolute Gasteiger partial charge is 0.490 e. The van der Waals surface area contributed by atoms with Crippen molar-refractivity contribution in [2.24, 2.45) is 0 Å². The molecule has 0 unspecified atom stereocenters. The van der Waals surface area contributed by atoms with Crippen LogP contribution < -0.4 is 20.3 Å². The Morgan fingerprint density at radius 3 is 2.34 bits per heavy atom. The first kappa shape index (κ1) is 22.7. The quantitative estimate of drug-likeness (QED) is 0.438. The second-order valence-electron chi connectivity index (χ2n) is 6.50. The minimum atomic E-state index is -0.468. The zero-order valence-corrected chi connectivity index (χ0v) is 18.2. The summed E-state index contributed by atoms with van der Waals surface area (Å²) >= 11 is 3.36. The SMILES string of the molecule is COCCOc1ccc(C(=O)NNC(=O)COc2ccc(C(C)C)cc2)cc1Br. The number of ether oxygens (including phenoxy) is 3. The van der Waals surface area contributed by atoms with Gasteiger partial charge in [0.15, 0.2) is 6.61 Å². The van der Waals surface area contributed by atoms with Crippen molar-refractivity contribution in [3.63, 3.8) is 0 Å². The van der Waals surface area contributed by atoms with E-state index in [1.54, 1.807) is 25.3 Å². The number of benzene rings is 2. The van der Waals surface area contributed by atoms with Gasteiger partial charge < -0.3 is 14.2 Å². The highest BCUT2D eigenvalue weighted by atomic mass is 79.9. The van der Waals surface area contributed by atoms with Gasteiger partial charge in [-0.25, -0.2) is 0 Å². The third-order valence-electron chi connectivity index (χ3n) is 3.97. The molecule has 2 N–H and O–H groups in total. The van der Waals surface area contributed by atoms with Crippen LogP contribution in [0.5, 0.6) is 11.5 Å². The zero-order valence-electron chi connectivity index (χ0n) is 16.7. The fourth-order valence-electron chi connectivity index (χ4n) is 2.33. The monoisotopic (exact) mass is 464 g/mol. The fourth-order valence-corrected chi connectivity index (χ4v) is 2.82. The number of hydrogen-bond acceptors (Lipinski definition) is 5. The average Bonchev–Trinajstić information content (AvgIpc) is 2.72. The Labute approximate surface area is 178 Å². The van der Waals surface area contributed by atoms with Gasteiger partial charge in [-0.15, -0.1) is 0 Å². The van der Waals surface area contributed by atoms with Gasteiger partial charge in [-0.05, 0) is 57.7 Å². The fraction of sp³-hybridized carbons (Fsp3) is 0.333. The molecule has 0 aromatic heterocycles. The summed E-state index contributed by atoms with van der Waals surface area (Å²) in [6, 6.07) is 12.4. The van der Waals surface area contributed by atoms with Crippen molar-refractivity contribution in [2.45, 2.75) is 19.8 Å². The molecule has 156 valence electrons. The summed E-state index contributed by atoms with van der Waals surface area (Å²) in [4.78, 5) is 24.1. The lowest BCUT2D eigenvalue weighted by molar-refractivity contribution is -0.123. The van der Waals surface area contributed by atoms with Crippen LogP contribution in [0.25, 0.3) is 0 Å². The van der Waals surface area contributed by atoms with E-state index in [1.807, 2.05) is 24.3 Å². The maximum absolute atomic E-state index is 12.2. The first-order valence-corrected chi connectivity index (χ1v) is 9.93. The number of hydrogen-bond donors (Lipinski definition) is 2. The summed E-state index contributed by atoms with van der Waals surface area (Å²) in [5, 5.41) is 0. The Bertz CT molecular complexity index is 824. The van der Waals surface area contributed by atoms with E-state index in [2.05, 4.69) is 40.6 Å². The highest BCUT2D eigenvalue weighted by Gasteiger charge is 2.11. The predicted molar refractivity (Wildman–Crippen MR) is 113 cm³/mol. The molecular formula is C21H25BrN2O5. The van der Waals surface area contributed by atoms with Gasteiger partial charge in [0.1, 0.15) is 18.1 Å². The van der Waals surface area contributed by atoms with Gasteiger partial charge in [0.25, 0.3) is 11.8 Å². The molecule has 0 bridgehead atoms.